The standard InChI is InChI=1S/C22H20Cl2N4O3S2/c23-13-7-8-17(16(24)10-13)30-9-3-6-20-27-28-22(31-20)32-12-19(29)26-21-15(11-25)14-4-1-2-5-18(14)33-21/h7-8,10H,1-6,9,12H2,(H,26,29). The summed E-state index contributed by atoms with van der Waals surface area (Å²) < 4.78 is 11.2. The topological polar surface area (TPSA) is 101 Å². The Bertz CT molecular complexity index is 1190. The van der Waals surface area contributed by atoms with Crippen LogP contribution in [0.2, 0.25) is 10.0 Å². The number of halogens is 2. The molecule has 3 aromatic rings. The molecule has 1 aliphatic carbocycles. The molecule has 0 radical (unpaired) electrons. The maximum Gasteiger partial charge on any atom is 0.277 e. The van der Waals surface area contributed by atoms with Crippen LogP contribution in [0.1, 0.15) is 41.2 Å². The highest BCUT2D eigenvalue weighted by Crippen LogP contribution is 2.37. The number of amides is 1. The highest BCUT2D eigenvalue weighted by molar-refractivity contribution is 7.99. The third kappa shape index (κ3) is 6.21. The molecule has 1 aliphatic rings. The molecule has 0 aliphatic heterocycles. The number of anilines is 1. The molecule has 2 heterocycles. The van der Waals surface area contributed by atoms with Gasteiger partial charge in [0, 0.05) is 16.3 Å². The maximum atomic E-state index is 12.4. The Kier molecular flexibility index (Phi) is 8.15. The number of aromatic nitrogens is 2. The van der Waals surface area contributed by atoms with Crippen LogP contribution in [-0.4, -0.2) is 28.5 Å². The van der Waals surface area contributed by atoms with Crippen molar-refractivity contribution in [2.45, 2.75) is 43.7 Å². The van der Waals surface area contributed by atoms with Crippen LogP contribution >= 0.6 is 46.3 Å². The van der Waals surface area contributed by atoms with Crippen molar-refractivity contribution in [3.8, 4) is 11.8 Å². The number of nitrogens with zero attached hydrogens (tertiary/aromatic N) is 3. The Morgan fingerprint density at radius 2 is 2.15 bits per heavy atom. The summed E-state index contributed by atoms with van der Waals surface area (Å²) in [6.07, 6.45) is 5.29. The van der Waals surface area contributed by atoms with Crippen molar-refractivity contribution in [1.82, 2.24) is 10.2 Å². The molecule has 0 saturated heterocycles. The predicted molar refractivity (Wildman–Crippen MR) is 130 cm³/mol. The number of rotatable bonds is 9. The molecule has 1 aromatic carbocycles. The van der Waals surface area contributed by atoms with Gasteiger partial charge in [0.15, 0.2) is 0 Å². The second-order valence-corrected chi connectivity index (χ2v) is 10.2. The summed E-state index contributed by atoms with van der Waals surface area (Å²) in [7, 11) is 0. The zero-order chi connectivity index (χ0) is 23.2. The van der Waals surface area contributed by atoms with Crippen LogP contribution in [0.5, 0.6) is 5.75 Å². The molecule has 11 heteroatoms. The zero-order valence-corrected chi connectivity index (χ0v) is 20.7. The number of carbonyl (C=O) groups is 1. The molecule has 172 valence electrons. The monoisotopic (exact) mass is 522 g/mol. The van der Waals surface area contributed by atoms with E-state index in [0.717, 1.165) is 43.0 Å². The van der Waals surface area contributed by atoms with Crippen LogP contribution in [0.15, 0.2) is 27.8 Å². The molecule has 1 amide bonds. The highest BCUT2D eigenvalue weighted by atomic mass is 35.5. The van der Waals surface area contributed by atoms with Crippen molar-refractivity contribution in [2.24, 2.45) is 0 Å². The normalized spacial score (nSPS) is 12.8. The molecule has 0 unspecified atom stereocenters. The van der Waals surface area contributed by atoms with Crippen LogP contribution < -0.4 is 10.1 Å². The van der Waals surface area contributed by atoms with Crippen molar-refractivity contribution in [3.63, 3.8) is 0 Å². The van der Waals surface area contributed by atoms with Gasteiger partial charge >= 0.3 is 0 Å². The fraction of sp³-hybridized carbons (Fsp3) is 0.364. The number of ether oxygens (including phenoxy) is 1. The summed E-state index contributed by atoms with van der Waals surface area (Å²) in [6, 6.07) is 7.32. The SMILES string of the molecule is N#Cc1c(NC(=O)CSc2nnc(CCCOc3ccc(Cl)cc3Cl)o2)sc2c1CCCC2. The van der Waals surface area contributed by atoms with Crippen LogP contribution in [0.3, 0.4) is 0 Å². The number of benzene rings is 1. The van der Waals surface area contributed by atoms with Crippen LogP contribution in [0.25, 0.3) is 0 Å². The van der Waals surface area contributed by atoms with Gasteiger partial charge in [0.25, 0.3) is 5.22 Å². The maximum absolute atomic E-state index is 12.4. The van der Waals surface area contributed by atoms with Crippen LogP contribution in [-0.2, 0) is 24.1 Å². The van der Waals surface area contributed by atoms with Gasteiger partial charge in [0.05, 0.1) is 22.9 Å². The predicted octanol–water partition coefficient (Wildman–Crippen LogP) is 5.93. The number of nitriles is 1. The first kappa shape index (κ1) is 23.9. The number of thiophene rings is 1. The summed E-state index contributed by atoms with van der Waals surface area (Å²) in [4.78, 5) is 13.6. The van der Waals surface area contributed by atoms with Crippen molar-refractivity contribution in [2.75, 3.05) is 17.7 Å². The van der Waals surface area contributed by atoms with Crippen LogP contribution in [0.4, 0.5) is 5.00 Å². The summed E-state index contributed by atoms with van der Waals surface area (Å²) in [6.45, 7) is 0.431. The third-order valence-corrected chi connectivity index (χ3v) is 7.55. The number of aryl methyl sites for hydroxylation is 2. The lowest BCUT2D eigenvalue weighted by atomic mass is 9.96. The summed E-state index contributed by atoms with van der Waals surface area (Å²) >= 11 is 14.6. The van der Waals surface area contributed by atoms with Gasteiger partial charge in [0.2, 0.25) is 11.8 Å². The lowest BCUT2D eigenvalue weighted by molar-refractivity contribution is -0.113. The minimum atomic E-state index is -0.205. The molecule has 0 fully saturated rings. The number of thioether (sulfide) groups is 1. The fourth-order valence-corrected chi connectivity index (χ4v) is 5.76. The van der Waals surface area contributed by atoms with Gasteiger partial charge in [0.1, 0.15) is 16.8 Å². The highest BCUT2D eigenvalue weighted by Gasteiger charge is 2.22. The van der Waals surface area contributed by atoms with E-state index in [0.29, 0.717) is 56.9 Å². The lowest BCUT2D eigenvalue weighted by Gasteiger charge is -2.09. The van der Waals surface area contributed by atoms with Gasteiger partial charge in [-0.1, -0.05) is 35.0 Å². The molecule has 33 heavy (non-hydrogen) atoms. The molecule has 2 aromatic heterocycles. The Balaban J connectivity index is 1.22. The molecule has 0 atom stereocenters. The first-order chi connectivity index (χ1) is 16.0. The van der Waals surface area contributed by atoms with Gasteiger partial charge in [-0.25, -0.2) is 0 Å². The van der Waals surface area contributed by atoms with E-state index in [1.54, 1.807) is 18.2 Å². The van der Waals surface area contributed by atoms with Crippen molar-refractivity contribution in [3.05, 3.63) is 50.1 Å². The van der Waals surface area contributed by atoms with E-state index < -0.39 is 0 Å². The molecule has 7 nitrogen and oxygen atoms in total. The van der Waals surface area contributed by atoms with Crippen molar-refractivity contribution < 1.29 is 13.9 Å². The van der Waals surface area contributed by atoms with Gasteiger partial charge in [-0.2, -0.15) is 5.26 Å². The first-order valence-electron chi connectivity index (χ1n) is 10.4. The second-order valence-electron chi connectivity index (χ2n) is 7.35. The van der Waals surface area contributed by atoms with E-state index in [4.69, 9.17) is 32.4 Å². The van der Waals surface area contributed by atoms with Crippen molar-refractivity contribution in [1.29, 1.82) is 5.26 Å². The van der Waals surface area contributed by atoms with E-state index in [2.05, 4.69) is 21.6 Å². The molecule has 4 rings (SSSR count). The van der Waals surface area contributed by atoms with Crippen molar-refractivity contribution >= 4 is 57.2 Å². The van der Waals surface area contributed by atoms with E-state index in [-0.39, 0.29) is 11.7 Å². The zero-order valence-electron chi connectivity index (χ0n) is 17.5. The van der Waals surface area contributed by atoms with Gasteiger partial charge in [-0.3, -0.25) is 4.79 Å². The molecular weight excluding hydrogens is 503 g/mol. The van der Waals surface area contributed by atoms with Crippen LogP contribution in [0, 0.1) is 11.3 Å². The number of hydrogen-bond donors (Lipinski definition) is 1. The Hall–Kier alpha value is -2.25. The smallest absolute Gasteiger partial charge is 0.277 e. The van der Waals surface area contributed by atoms with Gasteiger partial charge in [-0.05, 0) is 55.9 Å². The number of nitrogens with one attached hydrogen (secondary N) is 1. The van der Waals surface area contributed by atoms with E-state index in [1.165, 1.54) is 16.2 Å². The number of hydrogen-bond acceptors (Lipinski definition) is 8. The molecule has 0 spiro atoms. The van der Waals surface area contributed by atoms with E-state index >= 15 is 0 Å². The summed E-state index contributed by atoms with van der Waals surface area (Å²) in [5.74, 6) is 0.956. The Morgan fingerprint density at radius 1 is 1.30 bits per heavy atom. The van der Waals surface area contributed by atoms with E-state index in [9.17, 15) is 10.1 Å². The summed E-state index contributed by atoms with van der Waals surface area (Å²) in [5, 5.41) is 22.4. The molecule has 1 N–H and O–H groups in total. The number of carbonyl (C=O) groups excluding carboxylic acids is 1. The average molecular weight is 523 g/mol. The lowest BCUT2D eigenvalue weighted by Crippen LogP contribution is -2.14. The minimum Gasteiger partial charge on any atom is -0.492 e. The Morgan fingerprint density at radius 3 is 2.97 bits per heavy atom. The third-order valence-electron chi connectivity index (χ3n) is 5.00. The molecular formula is C22H20Cl2N4O3S2. The fourth-order valence-electron chi connectivity index (χ4n) is 3.46. The first-order valence-corrected chi connectivity index (χ1v) is 13.0. The van der Waals surface area contributed by atoms with E-state index in [1.807, 2.05) is 0 Å². The quantitative estimate of drug-likeness (QED) is 0.274. The molecule has 0 bridgehead atoms. The minimum absolute atomic E-state index is 0.118. The van der Waals surface area contributed by atoms with Gasteiger partial charge in [-0.15, -0.1) is 21.5 Å². The second kappa shape index (κ2) is 11.3. The van der Waals surface area contributed by atoms with Gasteiger partial charge < -0.3 is 14.5 Å². The Labute approximate surface area is 209 Å². The average Bonchev–Trinajstić information content (AvgIpc) is 3.40. The number of fused-ring (bicyclic) bond motifs is 1. The largest absolute Gasteiger partial charge is 0.492 e. The molecule has 0 saturated carbocycles. The summed E-state index contributed by atoms with van der Waals surface area (Å²) in [5.41, 5.74) is 1.70.